The first-order valence-corrected chi connectivity index (χ1v) is 9.17. The zero-order valence-electron chi connectivity index (χ0n) is 15.3. The first-order valence-electron chi connectivity index (χ1n) is 9.17. The van der Waals surface area contributed by atoms with Gasteiger partial charge in [-0.3, -0.25) is 0 Å². The van der Waals surface area contributed by atoms with Crippen LogP contribution in [0.1, 0.15) is 50.2 Å². The van der Waals surface area contributed by atoms with Gasteiger partial charge in [0.1, 0.15) is 12.9 Å². The molecule has 0 aromatic heterocycles. The van der Waals surface area contributed by atoms with Gasteiger partial charge in [-0.2, -0.15) is 0 Å². The Bertz CT molecular complexity index is 756. The number of carbonyl (C=O) groups excluding carboxylic acids is 2. The highest BCUT2D eigenvalue weighted by Gasteiger charge is 2.30. The van der Waals surface area contributed by atoms with Crippen LogP contribution in [0.25, 0.3) is 11.1 Å². The van der Waals surface area contributed by atoms with Gasteiger partial charge in [0.25, 0.3) is 0 Å². The van der Waals surface area contributed by atoms with Gasteiger partial charge in [0.15, 0.2) is 0 Å². The number of amides is 1. The van der Waals surface area contributed by atoms with E-state index in [0.29, 0.717) is 6.42 Å². The largest absolute Gasteiger partial charge is 0.449 e. The number of alkyl carbamates (subject to hydrolysis) is 1. The molecule has 0 fully saturated rings. The molecule has 0 bridgehead atoms. The van der Waals surface area contributed by atoms with Crippen molar-refractivity contribution in [1.82, 2.24) is 5.32 Å². The molecule has 3 rings (SSSR count). The molecule has 0 unspecified atom stereocenters. The number of unbranched alkanes of at least 4 members (excludes halogenated alkanes) is 1. The molecule has 4 nitrogen and oxygen atoms in total. The molecule has 0 saturated heterocycles. The second-order valence-corrected chi connectivity index (χ2v) is 7.09. The van der Waals surface area contributed by atoms with E-state index in [1.807, 2.05) is 24.3 Å². The Morgan fingerprint density at radius 2 is 1.69 bits per heavy atom. The highest BCUT2D eigenvalue weighted by Crippen LogP contribution is 2.44. The molecule has 0 aliphatic heterocycles. The van der Waals surface area contributed by atoms with Crippen LogP contribution < -0.4 is 5.32 Å². The predicted octanol–water partition coefficient (Wildman–Crippen LogP) is 4.67. The molecule has 2 aromatic carbocycles. The summed E-state index contributed by atoms with van der Waals surface area (Å²) in [5, 5.41) is 2.72. The number of fused-ring (bicyclic) bond motifs is 3. The van der Waals surface area contributed by atoms with Gasteiger partial charge in [-0.1, -0.05) is 68.3 Å². The molecule has 0 radical (unpaired) electrons. The Kier molecular flexibility index (Phi) is 5.40. The fourth-order valence-electron chi connectivity index (χ4n) is 3.56. The van der Waals surface area contributed by atoms with E-state index < -0.39 is 11.6 Å². The lowest BCUT2D eigenvalue weighted by molar-refractivity contribution is -0.113. The first kappa shape index (κ1) is 18.2. The summed E-state index contributed by atoms with van der Waals surface area (Å²) in [4.78, 5) is 23.7. The minimum absolute atomic E-state index is 0.0197. The molecule has 1 aliphatic carbocycles. The second kappa shape index (κ2) is 7.73. The van der Waals surface area contributed by atoms with Gasteiger partial charge in [0.05, 0.1) is 5.54 Å². The number of hydrogen-bond acceptors (Lipinski definition) is 3. The Hall–Kier alpha value is -2.62. The summed E-state index contributed by atoms with van der Waals surface area (Å²) in [6.45, 7) is 4.04. The van der Waals surface area contributed by atoms with E-state index in [4.69, 9.17) is 4.74 Å². The number of nitrogens with one attached hydrogen (secondary N) is 1. The molecule has 1 aliphatic rings. The van der Waals surface area contributed by atoms with Crippen molar-refractivity contribution < 1.29 is 14.3 Å². The van der Waals surface area contributed by atoms with Gasteiger partial charge in [-0.25, -0.2) is 4.79 Å². The lowest BCUT2D eigenvalue weighted by Crippen LogP contribution is -2.47. The van der Waals surface area contributed by atoms with Crippen LogP contribution in [0.3, 0.4) is 0 Å². The Labute approximate surface area is 154 Å². The molecule has 0 saturated carbocycles. The lowest BCUT2D eigenvalue weighted by Gasteiger charge is -2.24. The molecular formula is C22H25NO3. The lowest BCUT2D eigenvalue weighted by atomic mass is 9.97. The molecule has 1 N–H and O–H groups in total. The average molecular weight is 351 g/mol. The van der Waals surface area contributed by atoms with Crippen molar-refractivity contribution in [3.05, 3.63) is 59.7 Å². The standard InChI is InChI=1S/C22H25NO3/c1-3-4-13-22(2,15-24)23-21(25)26-14-20-18-11-7-5-9-16(18)17-10-6-8-12-19(17)20/h5-12,15,20H,3-4,13-14H2,1-2H3,(H,23,25)/t22-/m1/s1. The van der Waals surface area contributed by atoms with Crippen LogP contribution in [0.4, 0.5) is 4.79 Å². The number of carbonyl (C=O) groups is 2. The average Bonchev–Trinajstić information content (AvgIpc) is 2.99. The maximum absolute atomic E-state index is 12.3. The fraction of sp³-hybridized carbons (Fsp3) is 0.364. The summed E-state index contributed by atoms with van der Waals surface area (Å²) in [6.07, 6.45) is 2.70. The highest BCUT2D eigenvalue weighted by molar-refractivity contribution is 5.79. The Morgan fingerprint density at radius 3 is 2.23 bits per heavy atom. The summed E-state index contributed by atoms with van der Waals surface area (Å²) in [6, 6.07) is 16.4. The third-order valence-electron chi connectivity index (χ3n) is 5.04. The second-order valence-electron chi connectivity index (χ2n) is 7.09. The van der Waals surface area contributed by atoms with Crippen LogP contribution in [-0.4, -0.2) is 24.5 Å². The van der Waals surface area contributed by atoms with Crippen LogP contribution >= 0.6 is 0 Å². The van der Waals surface area contributed by atoms with Gasteiger partial charge >= 0.3 is 6.09 Å². The van der Waals surface area contributed by atoms with Crippen LogP contribution in [0, 0.1) is 0 Å². The maximum Gasteiger partial charge on any atom is 0.407 e. The van der Waals surface area contributed by atoms with E-state index in [0.717, 1.165) is 19.1 Å². The van der Waals surface area contributed by atoms with Gasteiger partial charge in [0, 0.05) is 5.92 Å². The molecule has 136 valence electrons. The van der Waals surface area contributed by atoms with E-state index in [1.165, 1.54) is 22.3 Å². The zero-order chi connectivity index (χ0) is 18.6. The van der Waals surface area contributed by atoms with Crippen LogP contribution in [0.2, 0.25) is 0 Å². The van der Waals surface area contributed by atoms with Gasteiger partial charge in [-0.15, -0.1) is 0 Å². The third kappa shape index (κ3) is 3.64. The van der Waals surface area contributed by atoms with Gasteiger partial charge < -0.3 is 14.8 Å². The van der Waals surface area contributed by atoms with Gasteiger partial charge in [-0.05, 0) is 35.6 Å². The van der Waals surface area contributed by atoms with Crippen molar-refractivity contribution >= 4 is 12.4 Å². The smallest absolute Gasteiger partial charge is 0.407 e. The molecular weight excluding hydrogens is 326 g/mol. The van der Waals surface area contributed by atoms with Crippen molar-refractivity contribution in [2.45, 2.75) is 44.6 Å². The van der Waals surface area contributed by atoms with Gasteiger partial charge in [0.2, 0.25) is 0 Å². The quantitative estimate of drug-likeness (QED) is 0.737. The van der Waals surface area contributed by atoms with Crippen LogP contribution in [0.5, 0.6) is 0 Å². The summed E-state index contributed by atoms with van der Waals surface area (Å²) in [7, 11) is 0. The van der Waals surface area contributed by atoms with Crippen LogP contribution in [-0.2, 0) is 9.53 Å². The number of rotatable bonds is 7. The fourth-order valence-corrected chi connectivity index (χ4v) is 3.56. The van der Waals surface area contributed by atoms with Crippen molar-refractivity contribution in [3.8, 4) is 11.1 Å². The summed E-state index contributed by atoms with van der Waals surface area (Å²) < 4.78 is 5.51. The monoisotopic (exact) mass is 351 g/mol. The van der Waals surface area contributed by atoms with Crippen LogP contribution in [0.15, 0.2) is 48.5 Å². The molecule has 0 heterocycles. The topological polar surface area (TPSA) is 55.4 Å². The van der Waals surface area contributed by atoms with E-state index >= 15 is 0 Å². The van der Waals surface area contributed by atoms with Crippen molar-refractivity contribution in [2.24, 2.45) is 0 Å². The van der Waals surface area contributed by atoms with E-state index in [1.54, 1.807) is 6.92 Å². The first-order chi connectivity index (χ1) is 12.6. The Morgan fingerprint density at radius 1 is 1.12 bits per heavy atom. The van der Waals surface area contributed by atoms with E-state index in [2.05, 4.69) is 36.5 Å². The number of hydrogen-bond donors (Lipinski definition) is 1. The Balaban J connectivity index is 1.70. The van der Waals surface area contributed by atoms with E-state index in [9.17, 15) is 9.59 Å². The highest BCUT2D eigenvalue weighted by atomic mass is 16.5. The molecule has 2 aromatic rings. The molecule has 4 heteroatoms. The van der Waals surface area contributed by atoms with Crippen molar-refractivity contribution in [3.63, 3.8) is 0 Å². The minimum atomic E-state index is -0.876. The van der Waals surface area contributed by atoms with Crippen molar-refractivity contribution in [2.75, 3.05) is 6.61 Å². The molecule has 1 atom stereocenters. The number of aldehydes is 1. The van der Waals surface area contributed by atoms with Crippen molar-refractivity contribution in [1.29, 1.82) is 0 Å². The summed E-state index contributed by atoms with van der Waals surface area (Å²) in [5.74, 6) is 0.0197. The zero-order valence-corrected chi connectivity index (χ0v) is 15.3. The SMILES string of the molecule is CCCC[C@](C)(C=O)NC(=O)OCC1c2ccccc2-c2ccccc21. The summed E-state index contributed by atoms with van der Waals surface area (Å²) in [5.41, 5.74) is 3.85. The molecule has 26 heavy (non-hydrogen) atoms. The minimum Gasteiger partial charge on any atom is -0.449 e. The predicted molar refractivity (Wildman–Crippen MR) is 102 cm³/mol. The molecule has 0 spiro atoms. The third-order valence-corrected chi connectivity index (χ3v) is 5.04. The van der Waals surface area contributed by atoms with E-state index in [-0.39, 0.29) is 12.5 Å². The normalized spacial score (nSPS) is 14.8. The maximum atomic E-state index is 12.3. The summed E-state index contributed by atoms with van der Waals surface area (Å²) >= 11 is 0. The number of ether oxygens (including phenoxy) is 1. The number of benzene rings is 2. The molecule has 1 amide bonds.